The van der Waals surface area contributed by atoms with E-state index in [1.54, 1.807) is 6.07 Å². The van der Waals surface area contributed by atoms with E-state index in [1.165, 1.54) is 36.1 Å². The Bertz CT molecular complexity index is 1120. The molecule has 2 saturated heterocycles. The van der Waals surface area contributed by atoms with Crippen LogP contribution in [0, 0.1) is 11.7 Å². The molecule has 33 heavy (non-hydrogen) atoms. The first-order valence-corrected chi connectivity index (χ1v) is 12.3. The molecular weight excluding hydrogens is 419 g/mol. The molecule has 0 N–H and O–H groups in total. The highest BCUT2D eigenvalue weighted by Crippen LogP contribution is 2.45. The van der Waals surface area contributed by atoms with Crippen molar-refractivity contribution >= 4 is 11.0 Å². The topological polar surface area (TPSA) is 47.7 Å². The molecule has 1 spiro atoms. The van der Waals surface area contributed by atoms with Crippen LogP contribution in [0.15, 0.2) is 47.0 Å². The van der Waals surface area contributed by atoms with Gasteiger partial charge in [-0.3, -0.25) is 0 Å². The van der Waals surface area contributed by atoms with Gasteiger partial charge in [-0.15, -0.1) is 0 Å². The molecule has 174 valence electrons. The van der Waals surface area contributed by atoms with Crippen LogP contribution >= 0.6 is 0 Å². The van der Waals surface area contributed by atoms with Crippen molar-refractivity contribution in [2.45, 2.75) is 50.2 Å². The second kappa shape index (κ2) is 8.82. The van der Waals surface area contributed by atoms with Gasteiger partial charge in [-0.2, -0.15) is 0 Å². The van der Waals surface area contributed by atoms with Crippen LogP contribution in [-0.2, 0) is 21.7 Å². The van der Waals surface area contributed by atoms with E-state index in [9.17, 15) is 4.39 Å². The SMILES string of the molecule is Fc1ccc2c(C3CCN(CCCC4Cc5ccccc5C5(C4)OCCO5)CC3)noc2c1. The number of fused-ring (bicyclic) bond motifs is 3. The summed E-state index contributed by atoms with van der Waals surface area (Å²) in [7, 11) is 0. The number of halogens is 1. The first kappa shape index (κ1) is 21.3. The molecule has 2 fully saturated rings. The zero-order valence-electron chi connectivity index (χ0n) is 19.0. The maximum atomic E-state index is 13.4. The Morgan fingerprint density at radius 2 is 1.88 bits per heavy atom. The minimum Gasteiger partial charge on any atom is -0.356 e. The van der Waals surface area contributed by atoms with Gasteiger partial charge in [0, 0.05) is 29.4 Å². The normalized spacial score (nSPS) is 23.4. The molecule has 2 aromatic carbocycles. The zero-order chi connectivity index (χ0) is 22.3. The third kappa shape index (κ3) is 4.09. The van der Waals surface area contributed by atoms with E-state index < -0.39 is 5.79 Å². The minimum atomic E-state index is -0.513. The van der Waals surface area contributed by atoms with Crippen molar-refractivity contribution in [3.8, 4) is 0 Å². The quantitative estimate of drug-likeness (QED) is 0.522. The highest BCUT2D eigenvalue weighted by molar-refractivity contribution is 5.79. The number of hydrogen-bond acceptors (Lipinski definition) is 5. The van der Waals surface area contributed by atoms with E-state index in [2.05, 4.69) is 34.3 Å². The number of rotatable bonds is 5. The third-order valence-electron chi connectivity index (χ3n) is 7.77. The minimum absolute atomic E-state index is 0.279. The summed E-state index contributed by atoms with van der Waals surface area (Å²) in [5, 5.41) is 5.23. The average molecular weight is 451 g/mol. The smallest absolute Gasteiger partial charge is 0.195 e. The Hall–Kier alpha value is -2.28. The van der Waals surface area contributed by atoms with Crippen molar-refractivity contribution in [1.29, 1.82) is 0 Å². The van der Waals surface area contributed by atoms with Crippen LogP contribution in [0.2, 0.25) is 0 Å². The average Bonchev–Trinajstić information content (AvgIpc) is 3.47. The second-order valence-electron chi connectivity index (χ2n) is 9.85. The summed E-state index contributed by atoms with van der Waals surface area (Å²) in [6.45, 7) is 4.65. The highest BCUT2D eigenvalue weighted by Gasteiger charge is 2.44. The first-order chi connectivity index (χ1) is 16.2. The van der Waals surface area contributed by atoms with E-state index in [0.29, 0.717) is 30.6 Å². The molecule has 3 heterocycles. The molecular formula is C27H31FN2O3. The summed E-state index contributed by atoms with van der Waals surface area (Å²) < 4.78 is 31.1. The lowest BCUT2D eigenvalue weighted by Crippen LogP contribution is -2.37. The summed E-state index contributed by atoms with van der Waals surface area (Å²) in [4.78, 5) is 2.58. The maximum absolute atomic E-state index is 13.4. The number of nitrogens with zero attached hydrogens (tertiary/aromatic N) is 2. The molecule has 0 amide bonds. The predicted octanol–water partition coefficient (Wildman–Crippen LogP) is 5.39. The van der Waals surface area contributed by atoms with E-state index >= 15 is 0 Å². The van der Waals surface area contributed by atoms with Crippen molar-refractivity contribution in [2.24, 2.45) is 5.92 Å². The number of likely N-dealkylation sites (tertiary alicyclic amines) is 1. The monoisotopic (exact) mass is 450 g/mol. The number of benzene rings is 2. The largest absolute Gasteiger partial charge is 0.356 e. The summed E-state index contributed by atoms with van der Waals surface area (Å²) in [5.74, 6) is 0.191. The van der Waals surface area contributed by atoms with Crippen LogP contribution in [0.5, 0.6) is 0 Å². The molecule has 0 radical (unpaired) electrons. The van der Waals surface area contributed by atoms with Crippen LogP contribution in [0.25, 0.3) is 11.0 Å². The van der Waals surface area contributed by atoms with Gasteiger partial charge in [-0.1, -0.05) is 29.4 Å². The van der Waals surface area contributed by atoms with Crippen LogP contribution in [-0.4, -0.2) is 42.9 Å². The Morgan fingerprint density at radius 1 is 1.06 bits per heavy atom. The van der Waals surface area contributed by atoms with E-state index in [1.807, 2.05) is 0 Å². The van der Waals surface area contributed by atoms with Gasteiger partial charge < -0.3 is 18.9 Å². The van der Waals surface area contributed by atoms with Gasteiger partial charge in [0.15, 0.2) is 11.4 Å². The van der Waals surface area contributed by atoms with Crippen molar-refractivity contribution in [1.82, 2.24) is 10.1 Å². The van der Waals surface area contributed by atoms with Crippen molar-refractivity contribution < 1.29 is 18.4 Å². The lowest BCUT2D eigenvalue weighted by atomic mass is 9.78. The van der Waals surface area contributed by atoms with Crippen LogP contribution in [0.4, 0.5) is 4.39 Å². The van der Waals surface area contributed by atoms with Gasteiger partial charge in [0.1, 0.15) is 5.82 Å². The fraction of sp³-hybridized carbons (Fsp3) is 0.519. The molecule has 2 aliphatic heterocycles. The summed E-state index contributed by atoms with van der Waals surface area (Å²) in [5.41, 5.74) is 4.17. The lowest BCUT2D eigenvalue weighted by molar-refractivity contribution is -0.184. The molecule has 1 aromatic heterocycles. The fourth-order valence-electron chi connectivity index (χ4n) is 6.13. The van der Waals surface area contributed by atoms with Gasteiger partial charge in [-0.25, -0.2) is 4.39 Å². The van der Waals surface area contributed by atoms with Crippen LogP contribution in [0.1, 0.15) is 54.8 Å². The molecule has 1 atom stereocenters. The Balaban J connectivity index is 1.02. The second-order valence-corrected chi connectivity index (χ2v) is 9.85. The zero-order valence-corrected chi connectivity index (χ0v) is 19.0. The lowest BCUT2D eigenvalue weighted by Gasteiger charge is -2.38. The van der Waals surface area contributed by atoms with Gasteiger partial charge >= 0.3 is 0 Å². The summed E-state index contributed by atoms with van der Waals surface area (Å²) >= 11 is 0. The number of ether oxygens (including phenoxy) is 2. The molecule has 1 unspecified atom stereocenters. The van der Waals surface area contributed by atoms with Crippen LogP contribution < -0.4 is 0 Å². The Kier molecular flexibility index (Phi) is 5.68. The summed E-state index contributed by atoms with van der Waals surface area (Å²) in [6, 6.07) is 13.4. The van der Waals surface area contributed by atoms with Crippen molar-refractivity contribution in [3.63, 3.8) is 0 Å². The van der Waals surface area contributed by atoms with E-state index in [0.717, 1.165) is 56.4 Å². The van der Waals surface area contributed by atoms with Crippen molar-refractivity contribution in [3.05, 3.63) is 65.1 Å². The van der Waals surface area contributed by atoms with Crippen molar-refractivity contribution in [2.75, 3.05) is 32.8 Å². The molecule has 1 aliphatic carbocycles. The van der Waals surface area contributed by atoms with Gasteiger partial charge in [0.2, 0.25) is 0 Å². The molecule has 5 nitrogen and oxygen atoms in total. The maximum Gasteiger partial charge on any atom is 0.195 e. The van der Waals surface area contributed by atoms with Gasteiger partial charge in [0.25, 0.3) is 0 Å². The number of piperidine rings is 1. The highest BCUT2D eigenvalue weighted by atomic mass is 19.1. The van der Waals surface area contributed by atoms with E-state index in [4.69, 9.17) is 14.0 Å². The molecule has 0 saturated carbocycles. The first-order valence-electron chi connectivity index (χ1n) is 12.3. The molecule has 6 heteroatoms. The molecule has 3 aromatic rings. The molecule has 6 rings (SSSR count). The van der Waals surface area contributed by atoms with E-state index in [-0.39, 0.29) is 5.82 Å². The fourth-order valence-corrected chi connectivity index (χ4v) is 6.13. The third-order valence-corrected chi connectivity index (χ3v) is 7.77. The van der Waals surface area contributed by atoms with Gasteiger partial charge in [0.05, 0.1) is 18.9 Å². The standard InChI is InChI=1S/C27H31FN2O3/c28-22-7-8-23-25(17-22)33-29-26(23)20-9-12-30(13-10-20)11-3-4-19-16-21-5-1-2-6-24(21)27(18-19)31-14-15-32-27/h1-2,5-8,17,19-20H,3-4,9-16,18H2. The predicted molar refractivity (Wildman–Crippen MR) is 123 cm³/mol. The summed E-state index contributed by atoms with van der Waals surface area (Å²) in [6.07, 6.45) is 6.61. The number of aromatic nitrogens is 1. The van der Waals surface area contributed by atoms with Gasteiger partial charge in [-0.05, 0) is 75.4 Å². The molecule has 3 aliphatic rings. The van der Waals surface area contributed by atoms with Crippen LogP contribution in [0.3, 0.4) is 0 Å². The Morgan fingerprint density at radius 3 is 2.73 bits per heavy atom. The Labute approximate surface area is 193 Å². The molecule has 0 bridgehead atoms. The number of hydrogen-bond donors (Lipinski definition) is 0.